The Morgan fingerprint density at radius 2 is 1.74 bits per heavy atom. The molecule has 0 radical (unpaired) electrons. The summed E-state index contributed by atoms with van der Waals surface area (Å²) in [6, 6.07) is 10.4. The van der Waals surface area contributed by atoms with Crippen LogP contribution in [0.15, 0.2) is 42.5 Å². The lowest BCUT2D eigenvalue weighted by Gasteiger charge is -2.05. The molecule has 0 saturated carbocycles. The van der Waals surface area contributed by atoms with Crippen molar-refractivity contribution in [1.82, 2.24) is 0 Å². The number of hydrogen-bond acceptors (Lipinski definition) is 3. The molecule has 0 unspecified atom stereocenters. The van der Waals surface area contributed by atoms with Crippen LogP contribution in [-0.2, 0) is 4.79 Å². The van der Waals surface area contributed by atoms with Crippen LogP contribution in [0.1, 0.15) is 34.0 Å². The highest BCUT2D eigenvalue weighted by atomic mass is 16.3. The molecule has 23 heavy (non-hydrogen) atoms. The number of phenolic OH excluding ortho intramolecular Hbond substituents is 1. The molecule has 2 N–H and O–H groups in total. The third-order valence-corrected chi connectivity index (χ3v) is 3.41. The number of allylic oxidation sites excluding steroid dienone is 1. The lowest BCUT2D eigenvalue weighted by Crippen LogP contribution is -2.06. The zero-order valence-corrected chi connectivity index (χ0v) is 13.4. The summed E-state index contributed by atoms with van der Waals surface area (Å²) in [7, 11) is 0. The number of amides is 1. The van der Waals surface area contributed by atoms with E-state index in [2.05, 4.69) is 5.32 Å². The van der Waals surface area contributed by atoms with E-state index in [-0.39, 0.29) is 17.4 Å². The number of hydrogen-bond donors (Lipinski definition) is 2. The minimum atomic E-state index is -0.180. The first-order valence-electron chi connectivity index (χ1n) is 7.27. The Kier molecular flexibility index (Phi) is 4.96. The number of anilines is 1. The maximum absolute atomic E-state index is 12.2. The average molecular weight is 309 g/mol. The largest absolute Gasteiger partial charge is 0.507 e. The van der Waals surface area contributed by atoms with Gasteiger partial charge >= 0.3 is 0 Å². The van der Waals surface area contributed by atoms with Gasteiger partial charge in [-0.25, -0.2) is 0 Å². The summed E-state index contributed by atoms with van der Waals surface area (Å²) in [5.74, 6) is -0.0581. The number of carbonyl (C=O) groups excluding carboxylic acids is 2. The third-order valence-electron chi connectivity index (χ3n) is 3.41. The molecule has 0 spiro atoms. The van der Waals surface area contributed by atoms with Crippen LogP contribution in [0.25, 0.3) is 6.08 Å². The zero-order valence-electron chi connectivity index (χ0n) is 13.4. The molecule has 4 heteroatoms. The minimum absolute atomic E-state index is 0.152. The molecule has 4 nitrogen and oxygen atoms in total. The van der Waals surface area contributed by atoms with E-state index in [1.807, 2.05) is 26.0 Å². The fraction of sp³-hybridized carbons (Fsp3) is 0.158. The molecule has 0 heterocycles. The highest BCUT2D eigenvalue weighted by Gasteiger charge is 2.05. The molecule has 0 aliphatic rings. The highest BCUT2D eigenvalue weighted by molar-refractivity contribution is 6.07. The first-order chi connectivity index (χ1) is 10.9. The summed E-state index contributed by atoms with van der Waals surface area (Å²) in [5.41, 5.74) is 3.48. The molecule has 2 rings (SSSR count). The summed E-state index contributed by atoms with van der Waals surface area (Å²) in [6.07, 6.45) is 3.20. The Morgan fingerprint density at radius 1 is 1.09 bits per heavy atom. The van der Waals surface area contributed by atoms with Crippen molar-refractivity contribution in [3.05, 3.63) is 64.7 Å². The number of carbonyl (C=O) groups is 2. The van der Waals surface area contributed by atoms with Crippen molar-refractivity contribution in [3.63, 3.8) is 0 Å². The number of nitrogens with one attached hydrogen (secondary N) is 1. The van der Waals surface area contributed by atoms with Crippen LogP contribution in [0.5, 0.6) is 5.75 Å². The SMILES string of the molecule is CC(=O)Nc1cccc(C(=O)C=Cc2cc(C)c(O)c(C)c2)c1. The first-order valence-corrected chi connectivity index (χ1v) is 7.27. The highest BCUT2D eigenvalue weighted by Crippen LogP contribution is 2.23. The van der Waals surface area contributed by atoms with Gasteiger partial charge in [0.1, 0.15) is 5.75 Å². The minimum Gasteiger partial charge on any atom is -0.507 e. The number of ketones is 1. The molecule has 1 amide bonds. The van der Waals surface area contributed by atoms with Crippen molar-refractivity contribution in [1.29, 1.82) is 0 Å². The normalized spacial score (nSPS) is 10.7. The number of benzene rings is 2. The summed E-state index contributed by atoms with van der Waals surface area (Å²) in [4.78, 5) is 23.3. The smallest absolute Gasteiger partial charge is 0.221 e. The Balaban J connectivity index is 2.20. The Morgan fingerprint density at radius 3 is 2.35 bits per heavy atom. The molecule has 2 aromatic rings. The molecule has 0 aliphatic heterocycles. The number of rotatable bonds is 4. The number of aryl methyl sites for hydroxylation is 2. The third kappa shape index (κ3) is 4.30. The van der Waals surface area contributed by atoms with Gasteiger partial charge in [0.2, 0.25) is 5.91 Å². The van der Waals surface area contributed by atoms with E-state index in [0.717, 1.165) is 16.7 Å². The van der Waals surface area contributed by atoms with Gasteiger partial charge in [-0.05, 0) is 60.9 Å². The Labute approximate surface area is 135 Å². The summed E-state index contributed by atoms with van der Waals surface area (Å²) < 4.78 is 0. The summed E-state index contributed by atoms with van der Waals surface area (Å²) in [6.45, 7) is 5.06. The van der Waals surface area contributed by atoms with Crippen LogP contribution in [-0.4, -0.2) is 16.8 Å². The summed E-state index contributed by atoms with van der Waals surface area (Å²) >= 11 is 0. The van der Waals surface area contributed by atoms with E-state index < -0.39 is 0 Å². The predicted octanol–water partition coefficient (Wildman–Crippen LogP) is 3.86. The maximum Gasteiger partial charge on any atom is 0.221 e. The van der Waals surface area contributed by atoms with Crippen molar-refractivity contribution in [3.8, 4) is 5.75 Å². The van der Waals surface area contributed by atoms with Crippen molar-refractivity contribution in [2.45, 2.75) is 20.8 Å². The van der Waals surface area contributed by atoms with E-state index in [1.54, 1.807) is 30.3 Å². The van der Waals surface area contributed by atoms with Crippen molar-refractivity contribution in [2.75, 3.05) is 5.32 Å². The molecule has 0 bridgehead atoms. The predicted molar refractivity (Wildman–Crippen MR) is 91.7 cm³/mol. The van der Waals surface area contributed by atoms with Crippen molar-refractivity contribution >= 4 is 23.5 Å². The van der Waals surface area contributed by atoms with Gasteiger partial charge in [0, 0.05) is 18.2 Å². The number of phenols is 1. The van der Waals surface area contributed by atoms with Gasteiger partial charge in [-0.2, -0.15) is 0 Å². The van der Waals surface area contributed by atoms with Crippen LogP contribution >= 0.6 is 0 Å². The molecule has 2 aromatic carbocycles. The zero-order chi connectivity index (χ0) is 17.0. The molecule has 118 valence electrons. The van der Waals surface area contributed by atoms with E-state index in [1.165, 1.54) is 13.0 Å². The molecule has 0 aromatic heterocycles. The van der Waals surface area contributed by atoms with Crippen LogP contribution in [0.4, 0.5) is 5.69 Å². The van der Waals surface area contributed by atoms with Gasteiger partial charge in [0.15, 0.2) is 5.78 Å². The quantitative estimate of drug-likeness (QED) is 0.665. The van der Waals surface area contributed by atoms with Crippen molar-refractivity contribution < 1.29 is 14.7 Å². The van der Waals surface area contributed by atoms with E-state index in [0.29, 0.717) is 11.3 Å². The van der Waals surface area contributed by atoms with Gasteiger partial charge in [-0.1, -0.05) is 18.2 Å². The number of aromatic hydroxyl groups is 1. The van der Waals surface area contributed by atoms with Gasteiger partial charge in [0.25, 0.3) is 0 Å². The maximum atomic E-state index is 12.2. The van der Waals surface area contributed by atoms with Gasteiger partial charge < -0.3 is 10.4 Å². The average Bonchev–Trinajstić information content (AvgIpc) is 2.49. The molecular weight excluding hydrogens is 290 g/mol. The van der Waals surface area contributed by atoms with Crippen LogP contribution in [0, 0.1) is 13.8 Å². The fourth-order valence-electron chi connectivity index (χ4n) is 2.31. The van der Waals surface area contributed by atoms with E-state index in [9.17, 15) is 14.7 Å². The van der Waals surface area contributed by atoms with Crippen molar-refractivity contribution in [2.24, 2.45) is 0 Å². The van der Waals surface area contributed by atoms with E-state index in [4.69, 9.17) is 0 Å². The Bertz CT molecular complexity index is 768. The molecule has 0 aliphatic carbocycles. The second kappa shape index (κ2) is 6.92. The molecule has 0 saturated heterocycles. The lowest BCUT2D eigenvalue weighted by atomic mass is 10.0. The monoisotopic (exact) mass is 309 g/mol. The molecular formula is C19H19NO3. The topological polar surface area (TPSA) is 66.4 Å². The fourth-order valence-corrected chi connectivity index (χ4v) is 2.31. The van der Waals surface area contributed by atoms with Gasteiger partial charge in [-0.3, -0.25) is 9.59 Å². The van der Waals surface area contributed by atoms with Crippen LogP contribution in [0.3, 0.4) is 0 Å². The van der Waals surface area contributed by atoms with Gasteiger partial charge in [-0.15, -0.1) is 0 Å². The Hall–Kier alpha value is -2.88. The molecule has 0 atom stereocenters. The lowest BCUT2D eigenvalue weighted by molar-refractivity contribution is -0.114. The van der Waals surface area contributed by atoms with Crippen LogP contribution in [0.2, 0.25) is 0 Å². The standard InChI is InChI=1S/C19H19NO3/c1-12-9-15(10-13(2)19(12)23)7-8-18(22)16-5-4-6-17(11-16)20-14(3)21/h4-11,23H,1-3H3,(H,20,21). The first kappa shape index (κ1) is 16.5. The molecule has 0 fully saturated rings. The van der Waals surface area contributed by atoms with E-state index >= 15 is 0 Å². The second-order valence-electron chi connectivity index (χ2n) is 5.46. The summed E-state index contributed by atoms with van der Waals surface area (Å²) in [5, 5.41) is 12.4. The van der Waals surface area contributed by atoms with Gasteiger partial charge in [0.05, 0.1) is 0 Å². The second-order valence-corrected chi connectivity index (χ2v) is 5.46. The van der Waals surface area contributed by atoms with Crippen LogP contribution < -0.4 is 5.32 Å².